The zero-order chi connectivity index (χ0) is 20.2. The number of nitrogens with one attached hydrogen (secondary N) is 1. The summed E-state index contributed by atoms with van der Waals surface area (Å²) >= 11 is 5.86. The third-order valence-corrected chi connectivity index (χ3v) is 6.24. The molecule has 6 nitrogen and oxygen atoms in total. The highest BCUT2D eigenvalue weighted by Gasteiger charge is 2.24. The Kier molecular flexibility index (Phi) is 6.86. The SMILES string of the molecule is COc1ccc(S(=O)(=O)N(C)CC(=O)NC(C)c2ccc(Cl)cc2)cc1C. The van der Waals surface area contributed by atoms with Crippen LogP contribution in [-0.4, -0.2) is 39.3 Å². The fourth-order valence-electron chi connectivity index (χ4n) is 2.60. The molecule has 0 fully saturated rings. The number of methoxy groups -OCH3 is 1. The van der Waals surface area contributed by atoms with Crippen LogP contribution >= 0.6 is 11.6 Å². The Morgan fingerprint density at radius 2 is 1.85 bits per heavy atom. The Hall–Kier alpha value is -2.09. The average Bonchev–Trinajstić information content (AvgIpc) is 2.61. The average molecular weight is 411 g/mol. The molecule has 146 valence electrons. The summed E-state index contributed by atoms with van der Waals surface area (Å²) in [6.07, 6.45) is 0. The van der Waals surface area contributed by atoms with Crippen LogP contribution in [0.15, 0.2) is 47.4 Å². The lowest BCUT2D eigenvalue weighted by Crippen LogP contribution is -2.39. The standard InChI is InChI=1S/C19H23ClN2O4S/c1-13-11-17(9-10-18(13)26-4)27(24,25)22(3)12-19(23)21-14(2)15-5-7-16(20)8-6-15/h5-11,14H,12H2,1-4H3,(H,21,23). The molecule has 1 unspecified atom stereocenters. The van der Waals surface area contributed by atoms with Crippen LogP contribution in [0, 0.1) is 6.92 Å². The fourth-order valence-corrected chi connectivity index (χ4v) is 3.94. The summed E-state index contributed by atoms with van der Waals surface area (Å²) < 4.78 is 31.6. The number of carbonyl (C=O) groups excluding carboxylic acids is 1. The third-order valence-electron chi connectivity index (χ3n) is 4.19. The van der Waals surface area contributed by atoms with Gasteiger partial charge in [-0.05, 0) is 55.3 Å². The molecular weight excluding hydrogens is 388 g/mol. The number of aryl methyl sites for hydroxylation is 1. The lowest BCUT2D eigenvalue weighted by Gasteiger charge is -2.20. The van der Waals surface area contributed by atoms with Crippen molar-refractivity contribution in [2.45, 2.75) is 24.8 Å². The van der Waals surface area contributed by atoms with Crippen molar-refractivity contribution in [1.82, 2.24) is 9.62 Å². The zero-order valence-corrected chi connectivity index (χ0v) is 17.3. The van der Waals surface area contributed by atoms with Crippen molar-refractivity contribution in [1.29, 1.82) is 0 Å². The first-order chi connectivity index (χ1) is 12.6. The van der Waals surface area contributed by atoms with Gasteiger partial charge in [-0.1, -0.05) is 23.7 Å². The van der Waals surface area contributed by atoms with Crippen molar-refractivity contribution >= 4 is 27.5 Å². The van der Waals surface area contributed by atoms with Gasteiger partial charge in [-0.2, -0.15) is 4.31 Å². The Morgan fingerprint density at radius 1 is 1.22 bits per heavy atom. The van der Waals surface area contributed by atoms with Gasteiger partial charge in [0.2, 0.25) is 15.9 Å². The van der Waals surface area contributed by atoms with E-state index in [1.807, 2.05) is 19.1 Å². The van der Waals surface area contributed by atoms with E-state index in [1.165, 1.54) is 26.3 Å². The van der Waals surface area contributed by atoms with Crippen LogP contribution in [0.4, 0.5) is 0 Å². The van der Waals surface area contributed by atoms with Crippen molar-refractivity contribution in [3.05, 3.63) is 58.6 Å². The minimum absolute atomic E-state index is 0.113. The number of nitrogens with zero attached hydrogens (tertiary/aromatic N) is 1. The smallest absolute Gasteiger partial charge is 0.243 e. The van der Waals surface area contributed by atoms with E-state index in [0.29, 0.717) is 16.3 Å². The Labute approximate surface area is 165 Å². The predicted octanol–water partition coefficient (Wildman–Crippen LogP) is 3.15. The number of benzene rings is 2. The highest BCUT2D eigenvalue weighted by atomic mass is 35.5. The van der Waals surface area contributed by atoms with E-state index in [9.17, 15) is 13.2 Å². The summed E-state index contributed by atoms with van der Waals surface area (Å²) in [4.78, 5) is 12.4. The van der Waals surface area contributed by atoms with Gasteiger partial charge in [0.25, 0.3) is 0 Å². The third kappa shape index (κ3) is 5.22. The molecule has 0 saturated carbocycles. The van der Waals surface area contributed by atoms with Crippen molar-refractivity contribution in [3.63, 3.8) is 0 Å². The van der Waals surface area contributed by atoms with Gasteiger partial charge in [0.15, 0.2) is 0 Å². The molecule has 1 atom stereocenters. The number of carbonyl (C=O) groups is 1. The van der Waals surface area contributed by atoms with Gasteiger partial charge in [0, 0.05) is 12.1 Å². The second-order valence-electron chi connectivity index (χ2n) is 6.23. The van der Waals surface area contributed by atoms with E-state index in [4.69, 9.17) is 16.3 Å². The normalized spacial score (nSPS) is 12.7. The molecule has 1 N–H and O–H groups in total. The van der Waals surface area contributed by atoms with Gasteiger partial charge in [0.1, 0.15) is 5.75 Å². The summed E-state index contributed by atoms with van der Waals surface area (Å²) in [5, 5.41) is 3.40. The van der Waals surface area contributed by atoms with Crippen LogP contribution in [0.1, 0.15) is 24.1 Å². The molecule has 1 amide bonds. The maximum Gasteiger partial charge on any atom is 0.243 e. The minimum Gasteiger partial charge on any atom is -0.496 e. The van der Waals surface area contributed by atoms with Gasteiger partial charge in [-0.3, -0.25) is 4.79 Å². The first-order valence-corrected chi connectivity index (χ1v) is 10.1. The first kappa shape index (κ1) is 21.2. The molecule has 27 heavy (non-hydrogen) atoms. The molecule has 2 aromatic carbocycles. The number of rotatable bonds is 7. The highest BCUT2D eigenvalue weighted by molar-refractivity contribution is 7.89. The zero-order valence-electron chi connectivity index (χ0n) is 15.7. The van der Waals surface area contributed by atoms with Gasteiger partial charge >= 0.3 is 0 Å². The van der Waals surface area contributed by atoms with Gasteiger partial charge < -0.3 is 10.1 Å². The maximum absolute atomic E-state index is 12.7. The van der Waals surface area contributed by atoms with Crippen molar-refractivity contribution in [2.24, 2.45) is 0 Å². The van der Waals surface area contributed by atoms with Crippen molar-refractivity contribution < 1.29 is 17.9 Å². The summed E-state index contributed by atoms with van der Waals surface area (Å²) in [5.41, 5.74) is 1.58. The van der Waals surface area contributed by atoms with E-state index >= 15 is 0 Å². The molecule has 0 spiro atoms. The predicted molar refractivity (Wildman–Crippen MR) is 106 cm³/mol. The molecule has 8 heteroatoms. The van der Waals surface area contributed by atoms with Gasteiger partial charge in [0.05, 0.1) is 24.6 Å². The molecule has 0 aromatic heterocycles. The van der Waals surface area contributed by atoms with Crippen molar-refractivity contribution in [2.75, 3.05) is 20.7 Å². The highest BCUT2D eigenvalue weighted by Crippen LogP contribution is 2.23. The molecule has 0 aliphatic heterocycles. The second kappa shape index (κ2) is 8.73. The van der Waals surface area contributed by atoms with E-state index in [0.717, 1.165) is 9.87 Å². The van der Waals surface area contributed by atoms with Crippen LogP contribution in [0.25, 0.3) is 0 Å². The number of sulfonamides is 1. The fraction of sp³-hybridized carbons (Fsp3) is 0.316. The van der Waals surface area contributed by atoms with E-state index < -0.39 is 15.9 Å². The summed E-state index contributed by atoms with van der Waals surface area (Å²) in [7, 11) is -0.889. The Balaban J connectivity index is 2.06. The lowest BCUT2D eigenvalue weighted by atomic mass is 10.1. The lowest BCUT2D eigenvalue weighted by molar-refractivity contribution is -0.121. The summed E-state index contributed by atoms with van der Waals surface area (Å²) in [6, 6.07) is 11.4. The summed E-state index contributed by atoms with van der Waals surface area (Å²) in [5.74, 6) is 0.208. The Bertz CT molecular complexity index is 914. The first-order valence-electron chi connectivity index (χ1n) is 8.31. The quantitative estimate of drug-likeness (QED) is 0.760. The second-order valence-corrected chi connectivity index (χ2v) is 8.71. The molecule has 0 aliphatic rings. The molecule has 0 bridgehead atoms. The number of amides is 1. The van der Waals surface area contributed by atoms with Crippen LogP contribution in [0.3, 0.4) is 0 Å². The van der Waals surface area contributed by atoms with Gasteiger partial charge in [-0.15, -0.1) is 0 Å². The molecular formula is C19H23ClN2O4S. The van der Waals surface area contributed by atoms with Crippen LogP contribution in [0.2, 0.25) is 5.02 Å². The monoisotopic (exact) mass is 410 g/mol. The van der Waals surface area contributed by atoms with Crippen LogP contribution < -0.4 is 10.1 Å². The topological polar surface area (TPSA) is 75.7 Å². The largest absolute Gasteiger partial charge is 0.496 e. The maximum atomic E-state index is 12.7. The van der Waals surface area contributed by atoms with Gasteiger partial charge in [-0.25, -0.2) is 8.42 Å². The number of ether oxygens (including phenoxy) is 1. The molecule has 2 aromatic rings. The van der Waals surface area contributed by atoms with Crippen LogP contribution in [-0.2, 0) is 14.8 Å². The molecule has 0 saturated heterocycles. The molecule has 2 rings (SSSR count). The van der Waals surface area contributed by atoms with E-state index in [-0.39, 0.29) is 17.5 Å². The molecule has 0 heterocycles. The number of likely N-dealkylation sites (N-methyl/N-ethyl adjacent to an activating group) is 1. The minimum atomic E-state index is -3.79. The number of hydrogen-bond acceptors (Lipinski definition) is 4. The number of halogens is 1. The van der Waals surface area contributed by atoms with E-state index in [2.05, 4.69) is 5.32 Å². The summed E-state index contributed by atoms with van der Waals surface area (Å²) in [6.45, 7) is 3.30. The Morgan fingerprint density at radius 3 is 2.41 bits per heavy atom. The van der Waals surface area contributed by atoms with Crippen LogP contribution in [0.5, 0.6) is 5.75 Å². The van der Waals surface area contributed by atoms with E-state index in [1.54, 1.807) is 25.1 Å². The molecule has 0 radical (unpaired) electrons. The molecule has 0 aliphatic carbocycles. The van der Waals surface area contributed by atoms with Crippen molar-refractivity contribution in [3.8, 4) is 5.75 Å². The number of hydrogen-bond donors (Lipinski definition) is 1.